The number of fused-ring (bicyclic) bond motifs is 1. The fourth-order valence-corrected chi connectivity index (χ4v) is 2.16. The number of carbonyl (C=O) groups is 1. The predicted octanol–water partition coefficient (Wildman–Crippen LogP) is 2.88. The molecule has 1 heterocycles. The van der Waals surface area contributed by atoms with E-state index in [9.17, 15) is 4.79 Å². The second-order valence-corrected chi connectivity index (χ2v) is 4.95. The summed E-state index contributed by atoms with van der Waals surface area (Å²) in [4.78, 5) is 14.1. The number of carbonyl (C=O) groups excluding carboxylic acids is 1. The average molecular weight is 232 g/mol. The maximum Gasteiger partial charge on any atom is 0.227 e. The van der Waals surface area contributed by atoms with Gasteiger partial charge in [0.05, 0.1) is 11.4 Å². The molecule has 1 N–H and O–H groups in total. The first-order chi connectivity index (χ1) is 8.18. The lowest BCUT2D eigenvalue weighted by molar-refractivity contribution is -0.118. The Kier molecular flexibility index (Phi) is 3.67. The molecule has 0 fully saturated rings. The number of benzene rings is 1. The van der Waals surface area contributed by atoms with Gasteiger partial charge in [-0.2, -0.15) is 0 Å². The third kappa shape index (κ3) is 2.78. The summed E-state index contributed by atoms with van der Waals surface area (Å²) in [7, 11) is 0. The Morgan fingerprint density at radius 1 is 1.35 bits per heavy atom. The highest BCUT2D eigenvalue weighted by Gasteiger charge is 2.20. The van der Waals surface area contributed by atoms with Gasteiger partial charge in [0.25, 0.3) is 0 Å². The van der Waals surface area contributed by atoms with E-state index < -0.39 is 0 Å². The largest absolute Gasteiger partial charge is 0.383 e. The number of anilines is 2. The first-order valence-electron chi connectivity index (χ1n) is 6.31. The van der Waals surface area contributed by atoms with E-state index in [1.54, 1.807) is 0 Å². The molecule has 0 atom stereocenters. The second kappa shape index (κ2) is 5.21. The maximum atomic E-state index is 12.2. The molecule has 3 nitrogen and oxygen atoms in total. The van der Waals surface area contributed by atoms with E-state index in [2.05, 4.69) is 19.2 Å². The van der Waals surface area contributed by atoms with Crippen molar-refractivity contribution in [3.8, 4) is 0 Å². The number of amides is 1. The first kappa shape index (κ1) is 12.0. The van der Waals surface area contributed by atoms with Crippen molar-refractivity contribution in [3.05, 3.63) is 24.3 Å². The highest BCUT2D eigenvalue weighted by Crippen LogP contribution is 2.28. The van der Waals surface area contributed by atoms with Crippen molar-refractivity contribution in [1.29, 1.82) is 0 Å². The summed E-state index contributed by atoms with van der Waals surface area (Å²) in [6, 6.07) is 8.06. The zero-order chi connectivity index (χ0) is 12.3. The second-order valence-electron chi connectivity index (χ2n) is 4.95. The Balaban J connectivity index is 2.35. The van der Waals surface area contributed by atoms with Gasteiger partial charge in [-0.05, 0) is 24.5 Å². The average Bonchev–Trinajstić information content (AvgIpc) is 2.30. The molecule has 0 aromatic heterocycles. The van der Waals surface area contributed by atoms with Crippen LogP contribution in [0.25, 0.3) is 0 Å². The molecule has 3 heteroatoms. The minimum Gasteiger partial charge on any atom is -0.383 e. The maximum absolute atomic E-state index is 12.2. The lowest BCUT2D eigenvalue weighted by atomic mass is 10.1. The van der Waals surface area contributed by atoms with Gasteiger partial charge in [-0.15, -0.1) is 0 Å². The van der Waals surface area contributed by atoms with E-state index in [1.165, 1.54) is 0 Å². The van der Waals surface area contributed by atoms with Crippen LogP contribution in [0.5, 0.6) is 0 Å². The lowest BCUT2D eigenvalue weighted by Gasteiger charge is -2.29. The number of rotatable bonds is 2. The van der Waals surface area contributed by atoms with Gasteiger partial charge < -0.3 is 10.2 Å². The molecule has 0 unspecified atom stereocenters. The molecule has 1 aromatic carbocycles. The first-order valence-corrected chi connectivity index (χ1v) is 6.31. The zero-order valence-electron chi connectivity index (χ0n) is 10.6. The minimum atomic E-state index is 0.243. The van der Waals surface area contributed by atoms with Crippen LogP contribution < -0.4 is 10.2 Å². The Morgan fingerprint density at radius 2 is 2.12 bits per heavy atom. The molecule has 1 aliphatic heterocycles. The highest BCUT2D eigenvalue weighted by molar-refractivity contribution is 5.97. The summed E-state index contributed by atoms with van der Waals surface area (Å²) >= 11 is 0. The molecule has 17 heavy (non-hydrogen) atoms. The van der Waals surface area contributed by atoms with Gasteiger partial charge >= 0.3 is 0 Å². The van der Waals surface area contributed by atoms with E-state index in [4.69, 9.17) is 0 Å². The molecule has 1 aliphatic rings. The molecular weight excluding hydrogens is 212 g/mol. The van der Waals surface area contributed by atoms with E-state index >= 15 is 0 Å². The number of hydrogen-bond donors (Lipinski definition) is 1. The standard InChI is InChI=1S/C14H20N2O/c1-11(2)10-16-13-7-4-3-6-12(13)15-9-5-8-14(16)17/h3-4,6-7,11,15H,5,8-10H2,1-2H3. The van der Waals surface area contributed by atoms with Crippen molar-refractivity contribution in [2.45, 2.75) is 26.7 Å². The van der Waals surface area contributed by atoms with Gasteiger partial charge in [0.2, 0.25) is 5.91 Å². The van der Waals surface area contributed by atoms with Crippen LogP contribution in [0.3, 0.4) is 0 Å². The molecule has 0 radical (unpaired) electrons. The van der Waals surface area contributed by atoms with Crippen molar-refractivity contribution in [1.82, 2.24) is 0 Å². The SMILES string of the molecule is CC(C)CN1C(=O)CCCNc2ccccc21. The molecule has 92 valence electrons. The van der Waals surface area contributed by atoms with Crippen molar-refractivity contribution < 1.29 is 4.79 Å². The smallest absolute Gasteiger partial charge is 0.227 e. The Bertz CT molecular complexity index is 401. The molecular formula is C14H20N2O. The summed E-state index contributed by atoms with van der Waals surface area (Å²) in [5, 5.41) is 3.39. The van der Waals surface area contributed by atoms with Crippen LogP contribution in [0, 0.1) is 5.92 Å². The minimum absolute atomic E-state index is 0.243. The van der Waals surface area contributed by atoms with Gasteiger partial charge in [0, 0.05) is 19.5 Å². The summed E-state index contributed by atoms with van der Waals surface area (Å²) in [6.45, 7) is 5.94. The molecule has 2 rings (SSSR count). The van der Waals surface area contributed by atoms with Crippen LogP contribution in [0.1, 0.15) is 26.7 Å². The topological polar surface area (TPSA) is 32.3 Å². The van der Waals surface area contributed by atoms with Gasteiger partial charge in [-0.1, -0.05) is 26.0 Å². The van der Waals surface area contributed by atoms with Crippen molar-refractivity contribution in [2.24, 2.45) is 5.92 Å². The van der Waals surface area contributed by atoms with Crippen LogP contribution in [-0.2, 0) is 4.79 Å². The molecule has 0 spiro atoms. The van der Waals surface area contributed by atoms with E-state index in [0.29, 0.717) is 12.3 Å². The zero-order valence-corrected chi connectivity index (χ0v) is 10.6. The van der Waals surface area contributed by atoms with Gasteiger partial charge in [-0.25, -0.2) is 0 Å². The summed E-state index contributed by atoms with van der Waals surface area (Å²) in [5.41, 5.74) is 2.09. The Hall–Kier alpha value is -1.51. The highest BCUT2D eigenvalue weighted by atomic mass is 16.2. The van der Waals surface area contributed by atoms with Crippen LogP contribution >= 0.6 is 0 Å². The van der Waals surface area contributed by atoms with Crippen LogP contribution in [0.4, 0.5) is 11.4 Å². The fraction of sp³-hybridized carbons (Fsp3) is 0.500. The fourth-order valence-electron chi connectivity index (χ4n) is 2.16. The monoisotopic (exact) mass is 232 g/mol. The quantitative estimate of drug-likeness (QED) is 0.850. The Labute approximate surface area is 103 Å². The summed E-state index contributed by atoms with van der Waals surface area (Å²) < 4.78 is 0. The van der Waals surface area contributed by atoms with Gasteiger partial charge in [-0.3, -0.25) is 4.79 Å². The Morgan fingerprint density at radius 3 is 2.88 bits per heavy atom. The van der Waals surface area contributed by atoms with E-state index in [-0.39, 0.29) is 5.91 Å². The third-order valence-electron chi connectivity index (χ3n) is 2.93. The molecule has 0 aliphatic carbocycles. The van der Waals surface area contributed by atoms with Crippen molar-refractivity contribution >= 4 is 17.3 Å². The molecule has 0 saturated heterocycles. The van der Waals surface area contributed by atoms with Crippen LogP contribution in [-0.4, -0.2) is 19.0 Å². The molecule has 1 aromatic rings. The van der Waals surface area contributed by atoms with Crippen molar-refractivity contribution in [3.63, 3.8) is 0 Å². The summed E-state index contributed by atoms with van der Waals surface area (Å²) in [5.74, 6) is 0.721. The van der Waals surface area contributed by atoms with Crippen molar-refractivity contribution in [2.75, 3.05) is 23.3 Å². The van der Waals surface area contributed by atoms with Crippen LogP contribution in [0.2, 0.25) is 0 Å². The number of nitrogens with one attached hydrogen (secondary N) is 1. The molecule has 0 saturated carbocycles. The summed E-state index contributed by atoms with van der Waals surface area (Å²) in [6.07, 6.45) is 1.54. The van der Waals surface area contributed by atoms with E-state index in [0.717, 1.165) is 30.9 Å². The number of hydrogen-bond acceptors (Lipinski definition) is 2. The molecule has 0 bridgehead atoms. The number of nitrogens with zero attached hydrogens (tertiary/aromatic N) is 1. The predicted molar refractivity (Wildman–Crippen MR) is 71.4 cm³/mol. The third-order valence-corrected chi connectivity index (χ3v) is 2.93. The normalized spacial score (nSPS) is 16.2. The van der Waals surface area contributed by atoms with Gasteiger partial charge in [0.1, 0.15) is 0 Å². The lowest BCUT2D eigenvalue weighted by Crippen LogP contribution is -2.36. The number of para-hydroxylation sites is 2. The molecule has 1 amide bonds. The van der Waals surface area contributed by atoms with Gasteiger partial charge in [0.15, 0.2) is 0 Å². The van der Waals surface area contributed by atoms with Crippen LogP contribution in [0.15, 0.2) is 24.3 Å². The van der Waals surface area contributed by atoms with E-state index in [1.807, 2.05) is 29.2 Å².